The van der Waals surface area contributed by atoms with Crippen LogP contribution in [0.5, 0.6) is 0 Å². The zero-order valence-corrected chi connectivity index (χ0v) is 15.1. The Morgan fingerprint density at radius 3 is 2.85 bits per heavy atom. The summed E-state index contributed by atoms with van der Waals surface area (Å²) in [4.78, 5) is 33.5. The van der Waals surface area contributed by atoms with E-state index in [0.717, 1.165) is 28.7 Å². The maximum Gasteiger partial charge on any atom is 0.254 e. The van der Waals surface area contributed by atoms with Crippen molar-refractivity contribution in [1.82, 2.24) is 14.9 Å². The third-order valence-electron chi connectivity index (χ3n) is 4.37. The molecule has 7 nitrogen and oxygen atoms in total. The SMILES string of the molecule is Cc1cnc(NC(C)(C)CO)nc1-c1ccc2c(c1)C(=O)N(CC=O)C2. The van der Waals surface area contributed by atoms with Gasteiger partial charge in [-0.15, -0.1) is 0 Å². The second kappa shape index (κ2) is 6.84. The number of aromatic nitrogens is 2. The van der Waals surface area contributed by atoms with E-state index in [9.17, 15) is 14.7 Å². The van der Waals surface area contributed by atoms with Crippen molar-refractivity contribution in [3.63, 3.8) is 0 Å². The number of anilines is 1. The second-order valence-electron chi connectivity index (χ2n) is 7.12. The Kier molecular flexibility index (Phi) is 4.73. The average molecular weight is 354 g/mol. The average Bonchev–Trinajstić information content (AvgIpc) is 2.92. The van der Waals surface area contributed by atoms with Crippen LogP contribution >= 0.6 is 0 Å². The van der Waals surface area contributed by atoms with Gasteiger partial charge in [-0.2, -0.15) is 0 Å². The number of aryl methyl sites for hydroxylation is 1. The molecule has 0 saturated carbocycles. The highest BCUT2D eigenvalue weighted by atomic mass is 16.3. The van der Waals surface area contributed by atoms with Crippen molar-refractivity contribution < 1.29 is 14.7 Å². The summed E-state index contributed by atoms with van der Waals surface area (Å²) in [7, 11) is 0. The fraction of sp³-hybridized carbons (Fsp3) is 0.368. The lowest BCUT2D eigenvalue weighted by Crippen LogP contribution is -2.35. The number of aliphatic hydroxyl groups excluding tert-OH is 1. The number of carbonyl (C=O) groups excluding carboxylic acids is 2. The first kappa shape index (κ1) is 18.0. The van der Waals surface area contributed by atoms with E-state index >= 15 is 0 Å². The molecule has 0 atom stereocenters. The largest absolute Gasteiger partial charge is 0.394 e. The van der Waals surface area contributed by atoms with Crippen LogP contribution in [0.15, 0.2) is 24.4 Å². The number of amides is 1. The number of nitrogens with zero attached hydrogens (tertiary/aromatic N) is 3. The minimum absolute atomic E-state index is 0.0561. The summed E-state index contributed by atoms with van der Waals surface area (Å²) >= 11 is 0. The van der Waals surface area contributed by atoms with Gasteiger partial charge in [0.15, 0.2) is 0 Å². The Morgan fingerprint density at radius 1 is 1.38 bits per heavy atom. The second-order valence-corrected chi connectivity index (χ2v) is 7.12. The van der Waals surface area contributed by atoms with Crippen LogP contribution in [0.2, 0.25) is 0 Å². The third-order valence-corrected chi connectivity index (χ3v) is 4.37. The Morgan fingerprint density at radius 2 is 2.15 bits per heavy atom. The molecule has 0 spiro atoms. The summed E-state index contributed by atoms with van der Waals surface area (Å²) < 4.78 is 0. The Balaban J connectivity index is 1.96. The molecule has 26 heavy (non-hydrogen) atoms. The van der Waals surface area contributed by atoms with Crippen LogP contribution in [0.4, 0.5) is 5.95 Å². The van der Waals surface area contributed by atoms with Gasteiger partial charge in [0.2, 0.25) is 5.95 Å². The van der Waals surface area contributed by atoms with Crippen molar-refractivity contribution in [2.24, 2.45) is 0 Å². The minimum Gasteiger partial charge on any atom is -0.394 e. The first-order valence-corrected chi connectivity index (χ1v) is 8.43. The van der Waals surface area contributed by atoms with E-state index < -0.39 is 5.54 Å². The quantitative estimate of drug-likeness (QED) is 0.768. The normalized spacial score (nSPS) is 13.7. The lowest BCUT2D eigenvalue weighted by atomic mass is 10.0. The molecule has 0 unspecified atom stereocenters. The van der Waals surface area contributed by atoms with Gasteiger partial charge in [-0.1, -0.05) is 12.1 Å². The maximum absolute atomic E-state index is 12.4. The molecule has 0 radical (unpaired) electrons. The molecular weight excluding hydrogens is 332 g/mol. The molecule has 0 aliphatic carbocycles. The summed E-state index contributed by atoms with van der Waals surface area (Å²) in [6.07, 6.45) is 2.45. The standard InChI is InChI=1S/C19H22N4O3/c1-12-9-20-18(22-19(2,3)11-25)21-16(12)13-4-5-14-10-23(6-7-24)17(26)15(14)8-13/h4-5,7-9,25H,6,10-11H2,1-3H3,(H,20,21,22). The minimum atomic E-state index is -0.546. The van der Waals surface area contributed by atoms with E-state index in [1.165, 1.54) is 4.90 Å². The van der Waals surface area contributed by atoms with Crippen LogP contribution in [0, 0.1) is 6.92 Å². The summed E-state index contributed by atoms with van der Waals surface area (Å²) in [5.74, 6) is 0.277. The molecule has 0 fully saturated rings. The van der Waals surface area contributed by atoms with E-state index in [-0.39, 0.29) is 19.1 Å². The summed E-state index contributed by atoms with van der Waals surface area (Å²) in [6, 6.07) is 5.64. The highest BCUT2D eigenvalue weighted by Gasteiger charge is 2.27. The first-order chi connectivity index (χ1) is 12.3. The number of carbonyl (C=O) groups is 2. The zero-order valence-electron chi connectivity index (χ0n) is 15.1. The van der Waals surface area contributed by atoms with Crippen molar-refractivity contribution in [2.75, 3.05) is 18.5 Å². The number of hydrogen-bond donors (Lipinski definition) is 2. The molecule has 1 aliphatic rings. The smallest absolute Gasteiger partial charge is 0.254 e. The summed E-state index contributed by atoms with van der Waals surface area (Å²) in [5, 5.41) is 12.5. The van der Waals surface area contributed by atoms with Crippen LogP contribution < -0.4 is 5.32 Å². The fourth-order valence-electron chi connectivity index (χ4n) is 2.88. The molecule has 136 valence electrons. The van der Waals surface area contributed by atoms with Crippen LogP contribution in [0.1, 0.15) is 35.3 Å². The summed E-state index contributed by atoms with van der Waals surface area (Å²) in [5.41, 5.74) is 3.39. The Bertz CT molecular complexity index is 864. The number of nitrogens with one attached hydrogen (secondary N) is 1. The van der Waals surface area contributed by atoms with Gasteiger partial charge in [-0.25, -0.2) is 9.97 Å². The lowest BCUT2D eigenvalue weighted by Gasteiger charge is -2.23. The zero-order chi connectivity index (χ0) is 18.9. The van der Waals surface area contributed by atoms with E-state index in [2.05, 4.69) is 15.3 Å². The fourth-order valence-corrected chi connectivity index (χ4v) is 2.88. The molecule has 0 bridgehead atoms. The number of hydrogen-bond acceptors (Lipinski definition) is 6. The van der Waals surface area contributed by atoms with Gasteiger partial charge >= 0.3 is 0 Å². The number of fused-ring (bicyclic) bond motifs is 1. The molecule has 1 aromatic heterocycles. The molecule has 0 saturated heterocycles. The molecule has 7 heteroatoms. The topological polar surface area (TPSA) is 95.4 Å². The van der Waals surface area contributed by atoms with Crippen LogP contribution in [-0.4, -0.2) is 50.9 Å². The Hall–Kier alpha value is -2.80. The maximum atomic E-state index is 12.4. The van der Waals surface area contributed by atoms with Crippen molar-refractivity contribution >= 4 is 18.1 Å². The van der Waals surface area contributed by atoms with Crippen molar-refractivity contribution in [3.05, 3.63) is 41.1 Å². The predicted molar refractivity (Wildman–Crippen MR) is 97.8 cm³/mol. The van der Waals surface area contributed by atoms with Crippen molar-refractivity contribution in [3.8, 4) is 11.3 Å². The molecule has 2 aromatic rings. The van der Waals surface area contributed by atoms with Gasteiger partial charge < -0.3 is 20.1 Å². The van der Waals surface area contributed by atoms with Crippen LogP contribution in [0.25, 0.3) is 11.3 Å². The molecular formula is C19H22N4O3. The molecule has 3 rings (SSSR count). The highest BCUT2D eigenvalue weighted by molar-refractivity contribution is 6.00. The molecule has 2 N–H and O–H groups in total. The van der Waals surface area contributed by atoms with Gasteiger partial charge in [0.25, 0.3) is 5.91 Å². The van der Waals surface area contributed by atoms with Gasteiger partial charge in [0.1, 0.15) is 6.29 Å². The number of benzene rings is 1. The van der Waals surface area contributed by atoms with Gasteiger partial charge in [0, 0.05) is 23.9 Å². The van der Waals surface area contributed by atoms with Gasteiger partial charge in [0.05, 0.1) is 24.4 Å². The Labute approximate surface area is 152 Å². The molecule has 2 heterocycles. The number of rotatable bonds is 6. The number of aliphatic hydroxyl groups is 1. The van der Waals surface area contributed by atoms with Crippen LogP contribution in [0.3, 0.4) is 0 Å². The van der Waals surface area contributed by atoms with Crippen LogP contribution in [-0.2, 0) is 11.3 Å². The monoisotopic (exact) mass is 354 g/mol. The highest BCUT2D eigenvalue weighted by Crippen LogP contribution is 2.29. The summed E-state index contributed by atoms with van der Waals surface area (Å²) in [6.45, 7) is 6.10. The van der Waals surface area contributed by atoms with Crippen molar-refractivity contribution in [2.45, 2.75) is 32.9 Å². The molecule has 1 aromatic carbocycles. The lowest BCUT2D eigenvalue weighted by molar-refractivity contribution is -0.108. The first-order valence-electron chi connectivity index (χ1n) is 8.43. The van der Waals surface area contributed by atoms with E-state index in [4.69, 9.17) is 0 Å². The van der Waals surface area contributed by atoms with Gasteiger partial charge in [-0.05, 0) is 38.0 Å². The predicted octanol–water partition coefficient (Wildman–Crippen LogP) is 1.79. The van der Waals surface area contributed by atoms with E-state index in [0.29, 0.717) is 18.1 Å². The molecule has 1 aliphatic heterocycles. The van der Waals surface area contributed by atoms with Gasteiger partial charge in [-0.3, -0.25) is 4.79 Å². The van der Waals surface area contributed by atoms with E-state index in [1.54, 1.807) is 6.20 Å². The third kappa shape index (κ3) is 3.43. The van der Waals surface area contributed by atoms with E-state index in [1.807, 2.05) is 39.0 Å². The molecule has 1 amide bonds. The van der Waals surface area contributed by atoms with Crippen molar-refractivity contribution in [1.29, 1.82) is 0 Å². The number of aldehydes is 1.